The quantitative estimate of drug-likeness (QED) is 0.0744. The van der Waals surface area contributed by atoms with E-state index in [2.05, 4.69) is 103 Å². The van der Waals surface area contributed by atoms with E-state index in [1.165, 1.54) is 118 Å². The van der Waals surface area contributed by atoms with Crippen molar-refractivity contribution in [1.29, 1.82) is 0 Å². The molecule has 4 nitrogen and oxygen atoms in total. The minimum absolute atomic E-state index is 0.0346. The number of nitrogens with zero attached hydrogens (tertiary/aromatic N) is 4. The Morgan fingerprint density at radius 2 is 1.16 bits per heavy atom. The van der Waals surface area contributed by atoms with E-state index in [0.29, 0.717) is 11.6 Å². The van der Waals surface area contributed by atoms with E-state index < -0.39 is 0 Å². The average Bonchev–Trinajstić information content (AvgIpc) is 3.47. The fraction of sp³-hybridized carbons (Fsp3) is 0.500. The van der Waals surface area contributed by atoms with Gasteiger partial charge in [0.1, 0.15) is 5.82 Å². The molecule has 0 saturated heterocycles. The van der Waals surface area contributed by atoms with E-state index in [4.69, 9.17) is 19.9 Å². The van der Waals surface area contributed by atoms with Crippen LogP contribution in [0.25, 0.3) is 45.2 Å². The maximum Gasteiger partial charge on any atom is 0.165 e. The van der Waals surface area contributed by atoms with Crippen LogP contribution in [0, 0.1) is 0 Å². The van der Waals surface area contributed by atoms with Gasteiger partial charge in [0.2, 0.25) is 0 Å². The summed E-state index contributed by atoms with van der Waals surface area (Å²) in [6, 6.07) is 27.2. The number of pyridine rings is 1. The van der Waals surface area contributed by atoms with Gasteiger partial charge in [-0.3, -0.25) is 4.98 Å². The minimum Gasteiger partial charge on any atom is -0.255 e. The van der Waals surface area contributed by atoms with Crippen LogP contribution in [0.3, 0.4) is 0 Å². The lowest BCUT2D eigenvalue weighted by Crippen LogP contribution is -2.26. The van der Waals surface area contributed by atoms with Crippen molar-refractivity contribution in [2.45, 2.75) is 168 Å². The Hall–Kier alpha value is -4.18. The second kappa shape index (κ2) is 19.3. The maximum absolute atomic E-state index is 5.22. The fourth-order valence-electron chi connectivity index (χ4n) is 8.89. The van der Waals surface area contributed by atoms with Gasteiger partial charge in [-0.15, -0.1) is 0 Å². The molecule has 0 aliphatic heterocycles. The molecule has 2 heterocycles. The molecule has 0 amide bonds. The number of hydrogen-bond donors (Lipinski definition) is 0. The number of rotatable bonds is 20. The van der Waals surface area contributed by atoms with Crippen molar-refractivity contribution >= 4 is 0 Å². The van der Waals surface area contributed by atoms with Crippen molar-refractivity contribution in [2.75, 3.05) is 0 Å². The van der Waals surface area contributed by atoms with E-state index in [-0.39, 0.29) is 10.8 Å². The third kappa shape index (κ3) is 9.50. The number of hydrogen-bond acceptors (Lipinski definition) is 4. The summed E-state index contributed by atoms with van der Waals surface area (Å²) in [4.78, 5) is 20.1. The molecule has 0 fully saturated rings. The maximum atomic E-state index is 5.22. The minimum atomic E-state index is -0.221. The zero-order valence-electron chi connectivity index (χ0n) is 35.8. The van der Waals surface area contributed by atoms with Crippen molar-refractivity contribution in [3.63, 3.8) is 0 Å². The van der Waals surface area contributed by atoms with Crippen LogP contribution in [0.4, 0.5) is 0 Å². The summed E-state index contributed by atoms with van der Waals surface area (Å²) in [5.74, 6) is 2.16. The first-order valence-electron chi connectivity index (χ1n) is 22.3. The fourth-order valence-corrected chi connectivity index (χ4v) is 8.89. The molecule has 0 N–H and O–H groups in total. The van der Waals surface area contributed by atoms with E-state index in [1.807, 2.05) is 24.4 Å². The molecule has 1 aliphatic carbocycles. The molecule has 296 valence electrons. The van der Waals surface area contributed by atoms with Crippen LogP contribution in [0.5, 0.6) is 0 Å². The van der Waals surface area contributed by atoms with Crippen LogP contribution >= 0.6 is 0 Å². The predicted octanol–water partition coefficient (Wildman–Crippen LogP) is 14.8. The third-order valence-electron chi connectivity index (χ3n) is 12.1. The van der Waals surface area contributed by atoms with Gasteiger partial charge < -0.3 is 0 Å². The Bertz CT molecular complexity index is 1990. The molecular weight excluding hydrogens is 681 g/mol. The Morgan fingerprint density at radius 1 is 0.536 bits per heavy atom. The van der Waals surface area contributed by atoms with Crippen LogP contribution in [-0.4, -0.2) is 19.9 Å². The molecule has 6 rings (SSSR count). The van der Waals surface area contributed by atoms with Crippen molar-refractivity contribution in [1.82, 2.24) is 19.9 Å². The number of fused-ring (bicyclic) bond motifs is 3. The molecular formula is C52H68N4. The molecule has 0 radical (unpaired) electrons. The van der Waals surface area contributed by atoms with Crippen LogP contribution in [0.15, 0.2) is 79.0 Å². The Kier molecular flexibility index (Phi) is 14.3. The van der Waals surface area contributed by atoms with E-state index in [0.717, 1.165) is 41.9 Å². The van der Waals surface area contributed by atoms with Crippen LogP contribution in [0.1, 0.15) is 173 Å². The van der Waals surface area contributed by atoms with Crippen LogP contribution in [-0.2, 0) is 23.7 Å². The van der Waals surface area contributed by atoms with Gasteiger partial charge in [0.15, 0.2) is 11.6 Å². The molecule has 56 heavy (non-hydrogen) atoms. The number of aryl methyl sites for hydroxylation is 2. The van der Waals surface area contributed by atoms with Gasteiger partial charge in [-0.05, 0) is 77.3 Å². The Balaban J connectivity index is 1.42. The first kappa shape index (κ1) is 41.5. The second-order valence-electron chi connectivity index (χ2n) is 17.5. The lowest BCUT2D eigenvalue weighted by atomic mass is 9.69. The topological polar surface area (TPSA) is 51.6 Å². The zero-order valence-corrected chi connectivity index (χ0v) is 35.8. The molecule has 0 spiro atoms. The standard InChI is InChI=1S/C52H68N4/c1-8-12-14-16-18-23-32-52(33-24-19-17-15-13-9-2)45-34-38(11-4)28-30-42(45)44-35-40(25-10-3)43(36-46(44)52)47-31-29-41(37-53-47)49-54-48(39-26-21-20-22-27-39)55-50(56-49)51(5,6)7/h20-22,26-31,34-37H,8-19,23-25,32-33H2,1-7H3. The summed E-state index contributed by atoms with van der Waals surface area (Å²) in [5.41, 5.74) is 13.0. The molecule has 1 aliphatic rings. The lowest BCUT2D eigenvalue weighted by molar-refractivity contribution is 0.397. The summed E-state index contributed by atoms with van der Waals surface area (Å²) < 4.78 is 0. The smallest absolute Gasteiger partial charge is 0.165 e. The predicted molar refractivity (Wildman–Crippen MR) is 238 cm³/mol. The summed E-state index contributed by atoms with van der Waals surface area (Å²) in [6.45, 7) is 15.7. The van der Waals surface area contributed by atoms with E-state index in [1.54, 1.807) is 11.1 Å². The normalized spacial score (nSPS) is 13.2. The van der Waals surface area contributed by atoms with E-state index >= 15 is 0 Å². The lowest BCUT2D eigenvalue weighted by Gasteiger charge is -2.34. The van der Waals surface area contributed by atoms with Crippen LogP contribution in [0.2, 0.25) is 0 Å². The highest BCUT2D eigenvalue weighted by Gasteiger charge is 2.43. The summed E-state index contributed by atoms with van der Waals surface area (Å²) in [6.07, 6.45) is 23.5. The number of aromatic nitrogens is 4. The van der Waals surface area contributed by atoms with Crippen molar-refractivity contribution in [3.05, 3.63) is 107 Å². The first-order valence-corrected chi connectivity index (χ1v) is 22.3. The third-order valence-corrected chi connectivity index (χ3v) is 12.1. The largest absolute Gasteiger partial charge is 0.255 e. The van der Waals surface area contributed by atoms with Crippen molar-refractivity contribution < 1.29 is 0 Å². The second-order valence-corrected chi connectivity index (χ2v) is 17.5. The Labute approximate surface area is 339 Å². The van der Waals surface area contributed by atoms with Gasteiger partial charge in [0, 0.05) is 33.7 Å². The number of unbranched alkanes of at least 4 members (excludes halogenated alkanes) is 10. The molecule has 0 saturated carbocycles. The molecule has 2 aromatic heterocycles. The molecule has 0 unspecified atom stereocenters. The monoisotopic (exact) mass is 749 g/mol. The molecule has 5 aromatic rings. The highest BCUT2D eigenvalue weighted by Crippen LogP contribution is 2.56. The zero-order chi connectivity index (χ0) is 39.5. The van der Waals surface area contributed by atoms with Gasteiger partial charge in [0.25, 0.3) is 0 Å². The molecule has 0 atom stereocenters. The van der Waals surface area contributed by atoms with Gasteiger partial charge >= 0.3 is 0 Å². The highest BCUT2D eigenvalue weighted by molar-refractivity contribution is 5.85. The SMILES string of the molecule is CCCCCCCCC1(CCCCCCCC)c2cc(CC)ccc2-c2cc(CCC)c(-c3ccc(-c4nc(-c5ccccc5)nc(C(C)(C)C)n4)cn3)cc21. The van der Waals surface area contributed by atoms with Crippen LogP contribution < -0.4 is 0 Å². The highest BCUT2D eigenvalue weighted by atomic mass is 15.0. The first-order chi connectivity index (χ1) is 27.2. The van der Waals surface area contributed by atoms with Crippen molar-refractivity contribution in [3.8, 4) is 45.2 Å². The molecule has 4 heteroatoms. The summed E-state index contributed by atoms with van der Waals surface area (Å²) in [5, 5.41) is 0. The average molecular weight is 749 g/mol. The van der Waals surface area contributed by atoms with Gasteiger partial charge in [-0.25, -0.2) is 15.0 Å². The van der Waals surface area contributed by atoms with E-state index in [9.17, 15) is 0 Å². The van der Waals surface area contributed by atoms with Crippen molar-refractivity contribution in [2.24, 2.45) is 0 Å². The van der Waals surface area contributed by atoms with Gasteiger partial charge in [-0.1, -0.05) is 187 Å². The summed E-state index contributed by atoms with van der Waals surface area (Å²) >= 11 is 0. The van der Waals surface area contributed by atoms with Gasteiger partial charge in [-0.2, -0.15) is 0 Å². The number of benzene rings is 3. The molecule has 0 bridgehead atoms. The Morgan fingerprint density at radius 3 is 1.75 bits per heavy atom. The summed E-state index contributed by atoms with van der Waals surface area (Å²) in [7, 11) is 0. The molecule has 3 aromatic carbocycles. The van der Waals surface area contributed by atoms with Gasteiger partial charge in [0.05, 0.1) is 5.69 Å².